The molecule has 1 amide bonds. The van der Waals surface area contributed by atoms with Crippen molar-refractivity contribution in [2.75, 3.05) is 12.0 Å². The normalized spacial score (nSPS) is 18.6. The fraction of sp³-hybridized carbons (Fsp3) is 0.292. The largest absolute Gasteiger partial charge is 0.497 e. The van der Waals surface area contributed by atoms with Gasteiger partial charge in [0.05, 0.1) is 29.8 Å². The Bertz CT molecular complexity index is 1050. The number of anilines is 1. The zero-order valence-electron chi connectivity index (χ0n) is 17.5. The number of carbonyl (C=O) groups is 2. The molecule has 1 aliphatic rings. The van der Waals surface area contributed by atoms with Crippen molar-refractivity contribution in [3.05, 3.63) is 76.2 Å². The number of aromatic nitrogens is 1. The summed E-state index contributed by atoms with van der Waals surface area (Å²) in [4.78, 5) is 32.2. The molecule has 3 aromatic rings. The van der Waals surface area contributed by atoms with Crippen molar-refractivity contribution in [2.24, 2.45) is 5.92 Å². The fourth-order valence-corrected chi connectivity index (χ4v) is 4.54. The smallest absolute Gasteiger partial charge is 0.311 e. The van der Waals surface area contributed by atoms with E-state index in [4.69, 9.17) is 9.47 Å². The van der Waals surface area contributed by atoms with Gasteiger partial charge in [0, 0.05) is 17.5 Å². The zero-order chi connectivity index (χ0) is 21.8. The number of piperidine rings is 1. The Balaban J connectivity index is 1.64. The quantitative estimate of drug-likeness (QED) is 0.525. The van der Waals surface area contributed by atoms with Gasteiger partial charge in [-0.05, 0) is 43.2 Å². The second-order valence-electron chi connectivity index (χ2n) is 7.43. The van der Waals surface area contributed by atoms with Crippen LogP contribution in [-0.2, 0) is 20.9 Å². The highest BCUT2D eigenvalue weighted by Crippen LogP contribution is 2.41. The third kappa shape index (κ3) is 4.61. The summed E-state index contributed by atoms with van der Waals surface area (Å²) in [6, 6.07) is 16.5. The van der Waals surface area contributed by atoms with E-state index in [1.165, 1.54) is 11.3 Å². The lowest BCUT2D eigenvalue weighted by Gasteiger charge is -2.40. The number of thiazole rings is 1. The predicted octanol–water partition coefficient (Wildman–Crippen LogP) is 4.69. The SMILES string of the molecule is COc1ccc(N2C(=O)CCC(C(=O)OCc3csc(C)n3)C2c2ccccc2)cc1. The van der Waals surface area contributed by atoms with Crippen molar-refractivity contribution < 1.29 is 19.1 Å². The molecule has 2 atom stereocenters. The van der Waals surface area contributed by atoms with E-state index >= 15 is 0 Å². The first-order chi connectivity index (χ1) is 15.1. The van der Waals surface area contributed by atoms with Crippen LogP contribution in [0.3, 0.4) is 0 Å². The molecule has 0 spiro atoms. The summed E-state index contributed by atoms with van der Waals surface area (Å²) in [6.07, 6.45) is 0.727. The standard InChI is InChI=1S/C24H24N2O4S/c1-16-25-18(15-31-16)14-30-24(28)21-12-13-22(27)26(19-8-10-20(29-2)11-9-19)23(21)17-6-4-3-5-7-17/h3-11,15,21,23H,12-14H2,1-2H3. The van der Waals surface area contributed by atoms with Gasteiger partial charge in [-0.2, -0.15) is 0 Å². The summed E-state index contributed by atoms with van der Waals surface area (Å²) in [6.45, 7) is 2.05. The van der Waals surface area contributed by atoms with Crippen LogP contribution in [-0.4, -0.2) is 24.0 Å². The number of benzene rings is 2. The van der Waals surface area contributed by atoms with Crippen LogP contribution in [0, 0.1) is 12.8 Å². The van der Waals surface area contributed by atoms with E-state index in [1.54, 1.807) is 12.0 Å². The number of hydrogen-bond acceptors (Lipinski definition) is 6. The van der Waals surface area contributed by atoms with Crippen LogP contribution < -0.4 is 9.64 Å². The monoisotopic (exact) mass is 436 g/mol. The van der Waals surface area contributed by atoms with Crippen LogP contribution in [0.4, 0.5) is 5.69 Å². The summed E-state index contributed by atoms with van der Waals surface area (Å²) in [5.41, 5.74) is 2.37. The molecule has 31 heavy (non-hydrogen) atoms. The average molecular weight is 437 g/mol. The second-order valence-corrected chi connectivity index (χ2v) is 8.49. The molecule has 0 bridgehead atoms. The summed E-state index contributed by atoms with van der Waals surface area (Å²) in [7, 11) is 1.60. The summed E-state index contributed by atoms with van der Waals surface area (Å²) in [5, 5.41) is 2.83. The number of aryl methyl sites for hydroxylation is 1. The number of esters is 1. The number of amides is 1. The Kier molecular flexibility index (Phi) is 6.32. The molecule has 0 saturated carbocycles. The van der Waals surface area contributed by atoms with Gasteiger partial charge >= 0.3 is 5.97 Å². The minimum absolute atomic E-state index is 0.0156. The lowest BCUT2D eigenvalue weighted by molar-refractivity contribution is -0.152. The Morgan fingerprint density at radius 3 is 2.55 bits per heavy atom. The molecule has 2 unspecified atom stereocenters. The topological polar surface area (TPSA) is 68.7 Å². The second kappa shape index (κ2) is 9.31. The molecular formula is C24H24N2O4S. The highest BCUT2D eigenvalue weighted by molar-refractivity contribution is 7.09. The van der Waals surface area contributed by atoms with Crippen molar-refractivity contribution in [1.82, 2.24) is 4.98 Å². The average Bonchev–Trinajstić information content (AvgIpc) is 3.23. The lowest BCUT2D eigenvalue weighted by atomic mass is 9.84. The molecule has 1 saturated heterocycles. The molecule has 2 aromatic carbocycles. The van der Waals surface area contributed by atoms with E-state index < -0.39 is 12.0 Å². The third-order valence-electron chi connectivity index (χ3n) is 5.42. The van der Waals surface area contributed by atoms with Crippen molar-refractivity contribution in [2.45, 2.75) is 32.4 Å². The molecule has 0 radical (unpaired) electrons. The van der Waals surface area contributed by atoms with E-state index in [0.717, 1.165) is 22.0 Å². The summed E-state index contributed by atoms with van der Waals surface area (Å²) in [5.74, 6) is -0.0929. The first kappa shape index (κ1) is 21.1. The first-order valence-electron chi connectivity index (χ1n) is 10.2. The molecule has 1 fully saturated rings. The predicted molar refractivity (Wildman–Crippen MR) is 119 cm³/mol. The molecule has 160 valence electrons. The van der Waals surface area contributed by atoms with Crippen molar-refractivity contribution in [1.29, 1.82) is 0 Å². The van der Waals surface area contributed by atoms with Gasteiger partial charge in [0.2, 0.25) is 5.91 Å². The number of ether oxygens (including phenoxy) is 2. The van der Waals surface area contributed by atoms with Gasteiger partial charge < -0.3 is 14.4 Å². The Morgan fingerprint density at radius 1 is 1.16 bits per heavy atom. The number of hydrogen-bond donors (Lipinski definition) is 0. The third-order valence-corrected chi connectivity index (χ3v) is 6.24. The highest BCUT2D eigenvalue weighted by atomic mass is 32.1. The number of rotatable bonds is 6. The van der Waals surface area contributed by atoms with E-state index in [0.29, 0.717) is 12.2 Å². The van der Waals surface area contributed by atoms with Gasteiger partial charge in [-0.1, -0.05) is 30.3 Å². The van der Waals surface area contributed by atoms with Crippen LogP contribution in [0.1, 0.15) is 35.1 Å². The number of methoxy groups -OCH3 is 1. The maximum absolute atomic E-state index is 13.1. The first-order valence-corrected chi connectivity index (χ1v) is 11.0. The van der Waals surface area contributed by atoms with Gasteiger partial charge in [0.1, 0.15) is 12.4 Å². The molecule has 2 heterocycles. The molecule has 7 heteroatoms. The highest BCUT2D eigenvalue weighted by Gasteiger charge is 2.42. The Morgan fingerprint density at radius 2 is 1.90 bits per heavy atom. The van der Waals surface area contributed by atoms with Crippen molar-refractivity contribution in [3.63, 3.8) is 0 Å². The van der Waals surface area contributed by atoms with E-state index in [9.17, 15) is 9.59 Å². The molecule has 1 aromatic heterocycles. The molecule has 0 N–H and O–H groups in total. The van der Waals surface area contributed by atoms with Gasteiger partial charge in [0.15, 0.2) is 0 Å². The minimum atomic E-state index is -0.470. The van der Waals surface area contributed by atoms with Gasteiger partial charge in [-0.15, -0.1) is 11.3 Å². The Hall–Kier alpha value is -3.19. The molecular weight excluding hydrogens is 412 g/mol. The van der Waals surface area contributed by atoms with E-state index in [1.807, 2.05) is 66.9 Å². The molecule has 4 rings (SSSR count). The summed E-state index contributed by atoms with van der Waals surface area (Å²) < 4.78 is 10.9. The van der Waals surface area contributed by atoms with Crippen LogP contribution in [0.5, 0.6) is 5.75 Å². The van der Waals surface area contributed by atoms with E-state index in [2.05, 4.69) is 4.98 Å². The summed E-state index contributed by atoms with van der Waals surface area (Å²) >= 11 is 1.52. The lowest BCUT2D eigenvalue weighted by Crippen LogP contribution is -2.46. The maximum atomic E-state index is 13.1. The van der Waals surface area contributed by atoms with Gasteiger partial charge in [0.25, 0.3) is 0 Å². The number of carbonyl (C=O) groups excluding carboxylic acids is 2. The Labute approximate surface area is 185 Å². The maximum Gasteiger partial charge on any atom is 0.311 e. The molecule has 0 aliphatic carbocycles. The fourth-order valence-electron chi connectivity index (χ4n) is 3.94. The zero-order valence-corrected chi connectivity index (χ0v) is 18.3. The molecule has 6 nitrogen and oxygen atoms in total. The van der Waals surface area contributed by atoms with Crippen molar-refractivity contribution in [3.8, 4) is 5.75 Å². The van der Waals surface area contributed by atoms with Crippen LogP contribution in [0.2, 0.25) is 0 Å². The minimum Gasteiger partial charge on any atom is -0.497 e. The molecule has 1 aliphatic heterocycles. The van der Waals surface area contributed by atoms with Gasteiger partial charge in [-0.3, -0.25) is 9.59 Å². The van der Waals surface area contributed by atoms with E-state index in [-0.39, 0.29) is 24.9 Å². The van der Waals surface area contributed by atoms with Crippen LogP contribution in [0.15, 0.2) is 60.0 Å². The van der Waals surface area contributed by atoms with Gasteiger partial charge in [-0.25, -0.2) is 4.98 Å². The van der Waals surface area contributed by atoms with Crippen LogP contribution in [0.25, 0.3) is 0 Å². The van der Waals surface area contributed by atoms with Crippen molar-refractivity contribution >= 4 is 28.9 Å². The van der Waals surface area contributed by atoms with Crippen LogP contribution >= 0.6 is 11.3 Å². The number of nitrogens with zero attached hydrogens (tertiary/aromatic N) is 2.